The van der Waals surface area contributed by atoms with E-state index >= 15 is 0 Å². The van der Waals surface area contributed by atoms with Crippen molar-refractivity contribution in [3.05, 3.63) is 35.4 Å². The monoisotopic (exact) mass is 205 g/mol. The van der Waals surface area contributed by atoms with E-state index < -0.39 is 5.60 Å². The number of piperidine rings is 1. The highest BCUT2D eigenvalue weighted by Gasteiger charge is 2.30. The zero-order valence-corrected chi connectivity index (χ0v) is 9.29. The molecule has 0 unspecified atom stereocenters. The van der Waals surface area contributed by atoms with Gasteiger partial charge in [-0.3, -0.25) is 0 Å². The zero-order chi connectivity index (χ0) is 10.7. The molecule has 1 fully saturated rings. The molecule has 2 heteroatoms. The van der Waals surface area contributed by atoms with Crippen molar-refractivity contribution in [3.8, 4) is 0 Å². The third-order valence-electron chi connectivity index (χ3n) is 3.33. The van der Waals surface area contributed by atoms with Gasteiger partial charge in [-0.2, -0.15) is 0 Å². The van der Waals surface area contributed by atoms with Gasteiger partial charge in [-0.05, 0) is 43.5 Å². The summed E-state index contributed by atoms with van der Waals surface area (Å²) in [6.45, 7) is 3.96. The lowest BCUT2D eigenvalue weighted by Gasteiger charge is -2.33. The van der Waals surface area contributed by atoms with Crippen LogP contribution in [0.3, 0.4) is 0 Å². The summed E-state index contributed by atoms with van der Waals surface area (Å²) in [7, 11) is 0. The number of benzene rings is 1. The summed E-state index contributed by atoms with van der Waals surface area (Å²) >= 11 is 0. The van der Waals surface area contributed by atoms with Crippen LogP contribution in [0.4, 0.5) is 0 Å². The second-order valence-corrected chi connectivity index (χ2v) is 4.33. The van der Waals surface area contributed by atoms with Crippen molar-refractivity contribution in [2.45, 2.75) is 31.8 Å². The van der Waals surface area contributed by atoms with Gasteiger partial charge in [0, 0.05) is 0 Å². The van der Waals surface area contributed by atoms with E-state index in [0.29, 0.717) is 0 Å². The fourth-order valence-corrected chi connectivity index (χ4v) is 2.18. The average molecular weight is 205 g/mol. The summed E-state index contributed by atoms with van der Waals surface area (Å²) in [4.78, 5) is 0. The lowest BCUT2D eigenvalue weighted by molar-refractivity contribution is 0.00593. The molecule has 0 bridgehead atoms. The predicted octanol–water partition coefficient (Wildman–Crippen LogP) is 1.82. The summed E-state index contributed by atoms with van der Waals surface area (Å²) in [5.74, 6) is 0. The number of aryl methyl sites for hydroxylation is 1. The Morgan fingerprint density at radius 1 is 1.20 bits per heavy atom. The van der Waals surface area contributed by atoms with Crippen LogP contribution in [0.1, 0.15) is 30.9 Å². The van der Waals surface area contributed by atoms with E-state index in [1.807, 2.05) is 0 Å². The van der Waals surface area contributed by atoms with E-state index in [4.69, 9.17) is 0 Å². The summed E-state index contributed by atoms with van der Waals surface area (Å²) in [5, 5.41) is 13.7. The van der Waals surface area contributed by atoms with Crippen LogP contribution in [0, 0.1) is 0 Å². The lowest BCUT2D eigenvalue weighted by Crippen LogP contribution is -2.39. The van der Waals surface area contributed by atoms with Crippen molar-refractivity contribution in [2.24, 2.45) is 0 Å². The van der Waals surface area contributed by atoms with E-state index in [2.05, 4.69) is 36.5 Å². The van der Waals surface area contributed by atoms with Gasteiger partial charge in [-0.25, -0.2) is 0 Å². The van der Waals surface area contributed by atoms with Gasteiger partial charge < -0.3 is 10.4 Å². The van der Waals surface area contributed by atoms with E-state index in [-0.39, 0.29) is 0 Å². The Morgan fingerprint density at radius 3 is 2.33 bits per heavy atom. The Bertz CT molecular complexity index is 312. The van der Waals surface area contributed by atoms with Crippen molar-refractivity contribution in [1.29, 1.82) is 0 Å². The zero-order valence-electron chi connectivity index (χ0n) is 9.29. The number of hydrogen-bond donors (Lipinski definition) is 2. The van der Waals surface area contributed by atoms with Crippen molar-refractivity contribution in [2.75, 3.05) is 13.1 Å². The van der Waals surface area contributed by atoms with E-state index in [9.17, 15) is 5.11 Å². The fraction of sp³-hybridized carbons (Fsp3) is 0.538. The van der Waals surface area contributed by atoms with Crippen LogP contribution in [0.25, 0.3) is 0 Å². The van der Waals surface area contributed by atoms with Crippen LogP contribution in [-0.4, -0.2) is 18.2 Å². The minimum atomic E-state index is -0.600. The molecule has 0 radical (unpaired) electrons. The average Bonchev–Trinajstić information content (AvgIpc) is 2.30. The van der Waals surface area contributed by atoms with Crippen molar-refractivity contribution in [3.63, 3.8) is 0 Å². The molecule has 82 valence electrons. The van der Waals surface area contributed by atoms with Crippen LogP contribution in [0.15, 0.2) is 24.3 Å². The van der Waals surface area contributed by atoms with Gasteiger partial charge >= 0.3 is 0 Å². The topological polar surface area (TPSA) is 32.3 Å². The molecule has 0 aromatic heterocycles. The van der Waals surface area contributed by atoms with Gasteiger partial charge in [0.2, 0.25) is 0 Å². The molecule has 0 spiro atoms. The van der Waals surface area contributed by atoms with Crippen molar-refractivity contribution >= 4 is 0 Å². The highest BCUT2D eigenvalue weighted by atomic mass is 16.3. The molecule has 0 atom stereocenters. The van der Waals surface area contributed by atoms with Crippen LogP contribution in [0.5, 0.6) is 0 Å². The summed E-state index contributed by atoms with van der Waals surface area (Å²) in [6.07, 6.45) is 2.69. The molecule has 0 amide bonds. The van der Waals surface area contributed by atoms with E-state index in [0.717, 1.165) is 37.9 Å². The third-order valence-corrected chi connectivity index (χ3v) is 3.33. The molecule has 1 saturated heterocycles. The maximum atomic E-state index is 10.5. The first-order chi connectivity index (χ1) is 7.24. The number of aliphatic hydroxyl groups is 1. The third kappa shape index (κ3) is 2.21. The van der Waals surface area contributed by atoms with E-state index in [1.54, 1.807) is 0 Å². The number of hydrogen-bond acceptors (Lipinski definition) is 2. The SMILES string of the molecule is CCc1ccc(C2(O)CCNCC2)cc1. The minimum Gasteiger partial charge on any atom is -0.385 e. The van der Waals surface area contributed by atoms with Crippen LogP contribution >= 0.6 is 0 Å². The molecule has 1 heterocycles. The van der Waals surface area contributed by atoms with Crippen molar-refractivity contribution < 1.29 is 5.11 Å². The van der Waals surface area contributed by atoms with Gasteiger partial charge in [0.05, 0.1) is 5.60 Å². The highest BCUT2D eigenvalue weighted by Crippen LogP contribution is 2.30. The molecule has 2 nitrogen and oxygen atoms in total. The van der Waals surface area contributed by atoms with Gasteiger partial charge in [-0.15, -0.1) is 0 Å². The first-order valence-electron chi connectivity index (χ1n) is 5.77. The Hall–Kier alpha value is -0.860. The maximum Gasteiger partial charge on any atom is 0.0920 e. The Morgan fingerprint density at radius 2 is 1.80 bits per heavy atom. The quantitative estimate of drug-likeness (QED) is 0.772. The standard InChI is InChI=1S/C13H19NO/c1-2-11-3-5-12(6-4-11)13(15)7-9-14-10-8-13/h3-6,14-15H,2,7-10H2,1H3. The smallest absolute Gasteiger partial charge is 0.0920 e. The molecule has 2 rings (SSSR count). The van der Waals surface area contributed by atoms with Crippen LogP contribution in [-0.2, 0) is 12.0 Å². The first-order valence-corrected chi connectivity index (χ1v) is 5.77. The minimum absolute atomic E-state index is 0.600. The molecule has 1 aliphatic heterocycles. The summed E-state index contributed by atoms with van der Waals surface area (Å²) < 4.78 is 0. The van der Waals surface area contributed by atoms with Gasteiger partial charge in [0.1, 0.15) is 0 Å². The Balaban J connectivity index is 2.20. The second kappa shape index (κ2) is 4.33. The maximum absolute atomic E-state index is 10.5. The highest BCUT2D eigenvalue weighted by molar-refractivity contribution is 5.27. The van der Waals surface area contributed by atoms with Gasteiger partial charge in [-0.1, -0.05) is 31.2 Å². The molecule has 1 aromatic carbocycles. The van der Waals surface area contributed by atoms with Gasteiger partial charge in [0.15, 0.2) is 0 Å². The second-order valence-electron chi connectivity index (χ2n) is 4.33. The molecule has 1 aliphatic rings. The van der Waals surface area contributed by atoms with E-state index in [1.165, 1.54) is 5.56 Å². The Labute approximate surface area is 91.3 Å². The van der Waals surface area contributed by atoms with Crippen LogP contribution in [0.2, 0.25) is 0 Å². The number of nitrogens with one attached hydrogen (secondary N) is 1. The Kier molecular flexibility index (Phi) is 3.08. The van der Waals surface area contributed by atoms with Crippen molar-refractivity contribution in [1.82, 2.24) is 5.32 Å². The number of rotatable bonds is 2. The molecular formula is C13H19NO. The lowest BCUT2D eigenvalue weighted by atomic mass is 9.85. The molecule has 1 aromatic rings. The molecule has 15 heavy (non-hydrogen) atoms. The molecule has 2 N–H and O–H groups in total. The predicted molar refractivity (Wildman–Crippen MR) is 61.8 cm³/mol. The largest absolute Gasteiger partial charge is 0.385 e. The molecule has 0 aliphatic carbocycles. The van der Waals surface area contributed by atoms with Gasteiger partial charge in [0.25, 0.3) is 0 Å². The summed E-state index contributed by atoms with van der Waals surface area (Å²) in [6, 6.07) is 8.39. The summed E-state index contributed by atoms with van der Waals surface area (Å²) in [5.41, 5.74) is 1.80. The molecule has 0 saturated carbocycles. The van der Waals surface area contributed by atoms with Crippen LogP contribution < -0.4 is 5.32 Å². The first kappa shape index (κ1) is 10.7. The molecular weight excluding hydrogens is 186 g/mol. The normalized spacial score (nSPS) is 20.1. The fourth-order valence-electron chi connectivity index (χ4n) is 2.18.